The van der Waals surface area contributed by atoms with E-state index >= 15 is 0 Å². The van der Waals surface area contributed by atoms with Gasteiger partial charge in [-0.3, -0.25) is 9.78 Å². The van der Waals surface area contributed by atoms with Crippen LogP contribution in [0.1, 0.15) is 52.9 Å². The van der Waals surface area contributed by atoms with E-state index in [0.29, 0.717) is 12.3 Å². The number of pyridine rings is 1. The second kappa shape index (κ2) is 7.95. The molecule has 1 heterocycles. The number of halogens is 1. The number of para-hydroxylation sites is 1. The van der Waals surface area contributed by atoms with Crippen molar-refractivity contribution in [2.24, 2.45) is 5.92 Å². The summed E-state index contributed by atoms with van der Waals surface area (Å²) in [5.74, 6) is 1.19. The maximum atomic E-state index is 12.0. The predicted octanol–water partition coefficient (Wildman–Crippen LogP) is 5.67. The van der Waals surface area contributed by atoms with Crippen LogP contribution in [0.4, 0.5) is 0 Å². The lowest BCUT2D eigenvalue weighted by molar-refractivity contribution is -0.156. The molecule has 0 aliphatic heterocycles. The van der Waals surface area contributed by atoms with E-state index in [9.17, 15) is 4.79 Å². The predicted molar refractivity (Wildman–Crippen MR) is 106 cm³/mol. The van der Waals surface area contributed by atoms with Crippen molar-refractivity contribution in [3.05, 3.63) is 34.9 Å². The molecule has 0 atom stereocenters. The number of carbonyl (C=O) groups excluding carboxylic acids is 1. The number of hydrogen-bond donors (Lipinski definition) is 0. The van der Waals surface area contributed by atoms with Gasteiger partial charge in [0.1, 0.15) is 11.4 Å². The highest BCUT2D eigenvalue weighted by atomic mass is 79.9. The third kappa shape index (κ3) is 4.97. The van der Waals surface area contributed by atoms with Crippen molar-refractivity contribution in [1.82, 2.24) is 4.98 Å². The van der Waals surface area contributed by atoms with Crippen molar-refractivity contribution in [3.63, 3.8) is 0 Å². The summed E-state index contributed by atoms with van der Waals surface area (Å²) in [5.41, 5.74) is 0.511. The molecule has 1 fully saturated rings. The summed E-state index contributed by atoms with van der Waals surface area (Å²) in [7, 11) is 0. The number of benzene rings is 1. The summed E-state index contributed by atoms with van der Waals surface area (Å²) in [6.07, 6.45) is 6.41. The van der Waals surface area contributed by atoms with Crippen molar-refractivity contribution in [2.45, 2.75) is 64.6 Å². The Morgan fingerprint density at radius 3 is 2.62 bits per heavy atom. The molecule has 1 aliphatic carbocycles. The lowest BCUT2D eigenvalue weighted by Gasteiger charge is -2.29. The number of aromatic nitrogens is 1. The Bertz CT molecular complexity index is 776. The van der Waals surface area contributed by atoms with Gasteiger partial charge >= 0.3 is 5.97 Å². The van der Waals surface area contributed by atoms with Gasteiger partial charge in [0.05, 0.1) is 11.6 Å². The molecule has 0 N–H and O–H groups in total. The molecule has 26 heavy (non-hydrogen) atoms. The lowest BCUT2D eigenvalue weighted by atomic mass is 9.85. The van der Waals surface area contributed by atoms with Crippen molar-refractivity contribution in [2.75, 3.05) is 0 Å². The van der Waals surface area contributed by atoms with Gasteiger partial charge in [-0.05, 0) is 86.5 Å². The summed E-state index contributed by atoms with van der Waals surface area (Å²) >= 11 is 3.55. The van der Waals surface area contributed by atoms with Crippen molar-refractivity contribution in [1.29, 1.82) is 0 Å². The van der Waals surface area contributed by atoms with Crippen molar-refractivity contribution in [3.8, 4) is 5.75 Å². The molecule has 140 valence electrons. The average Bonchev–Trinajstić information content (AvgIpc) is 2.56. The first-order valence-corrected chi connectivity index (χ1v) is 10.0. The van der Waals surface area contributed by atoms with Gasteiger partial charge in [-0.2, -0.15) is 0 Å². The van der Waals surface area contributed by atoms with E-state index in [-0.39, 0.29) is 12.1 Å². The molecule has 1 aromatic heterocycles. The maximum absolute atomic E-state index is 12.0. The molecule has 1 aliphatic rings. The van der Waals surface area contributed by atoms with Crippen LogP contribution in [0.3, 0.4) is 0 Å². The fourth-order valence-corrected chi connectivity index (χ4v) is 3.94. The highest BCUT2D eigenvalue weighted by Crippen LogP contribution is 2.34. The summed E-state index contributed by atoms with van der Waals surface area (Å²) in [5, 5.41) is 1.03. The number of nitrogens with zero attached hydrogens (tertiary/aromatic N) is 1. The molecular formula is C21H26BrNO3. The highest BCUT2D eigenvalue weighted by molar-refractivity contribution is 9.10. The minimum absolute atomic E-state index is 0.0909. The number of ether oxygens (including phenoxy) is 2. The number of fused-ring (bicyclic) bond motifs is 1. The van der Waals surface area contributed by atoms with Gasteiger partial charge in [0, 0.05) is 22.5 Å². The standard InChI is InChI=1S/C21H26BrNO3/c1-21(2,3)26-19(24)13-14-7-9-15(10-8-14)25-18-11-12-23-20-16(18)5-4-6-17(20)22/h4-6,11-12,14-15H,7-10,13H2,1-3H3. The highest BCUT2D eigenvalue weighted by Gasteiger charge is 2.26. The van der Waals surface area contributed by atoms with E-state index in [1.54, 1.807) is 6.20 Å². The molecule has 0 bridgehead atoms. The van der Waals surface area contributed by atoms with Crippen LogP contribution in [0.15, 0.2) is 34.9 Å². The zero-order chi connectivity index (χ0) is 18.7. The van der Waals surface area contributed by atoms with Crippen LogP contribution in [0.25, 0.3) is 10.9 Å². The smallest absolute Gasteiger partial charge is 0.306 e. The molecule has 5 heteroatoms. The van der Waals surface area contributed by atoms with Crippen LogP contribution in [0, 0.1) is 5.92 Å². The molecule has 0 unspecified atom stereocenters. The van der Waals surface area contributed by atoms with Crippen LogP contribution in [-0.2, 0) is 9.53 Å². The summed E-state index contributed by atoms with van der Waals surface area (Å²) in [4.78, 5) is 16.4. The van der Waals surface area contributed by atoms with Crippen LogP contribution in [0.2, 0.25) is 0 Å². The summed E-state index contributed by atoms with van der Waals surface area (Å²) < 4.78 is 12.7. The first-order valence-electron chi connectivity index (χ1n) is 9.23. The zero-order valence-corrected chi connectivity index (χ0v) is 17.2. The largest absolute Gasteiger partial charge is 0.490 e. The maximum Gasteiger partial charge on any atom is 0.306 e. The number of rotatable bonds is 4. The first-order chi connectivity index (χ1) is 12.3. The lowest BCUT2D eigenvalue weighted by Crippen LogP contribution is -2.28. The van der Waals surface area contributed by atoms with E-state index in [2.05, 4.69) is 20.9 Å². The van der Waals surface area contributed by atoms with Crippen molar-refractivity contribution >= 4 is 32.8 Å². The average molecular weight is 420 g/mol. The Morgan fingerprint density at radius 1 is 1.19 bits per heavy atom. The number of hydrogen-bond acceptors (Lipinski definition) is 4. The monoisotopic (exact) mass is 419 g/mol. The number of esters is 1. The fourth-order valence-electron chi connectivity index (χ4n) is 3.47. The minimum atomic E-state index is -0.409. The normalized spacial score (nSPS) is 20.8. The SMILES string of the molecule is CC(C)(C)OC(=O)CC1CCC(Oc2ccnc3c(Br)cccc23)CC1. The summed E-state index contributed by atoms with van der Waals surface area (Å²) in [6, 6.07) is 7.96. The molecule has 1 saturated carbocycles. The van der Waals surface area contributed by atoms with Gasteiger partial charge < -0.3 is 9.47 Å². The number of carbonyl (C=O) groups is 1. The Hall–Kier alpha value is -1.62. The third-order valence-corrected chi connectivity index (χ3v) is 5.28. The Morgan fingerprint density at radius 2 is 1.92 bits per heavy atom. The Balaban J connectivity index is 1.57. The van der Waals surface area contributed by atoms with E-state index in [4.69, 9.17) is 9.47 Å². The van der Waals surface area contributed by atoms with E-state index in [0.717, 1.165) is 46.8 Å². The van der Waals surface area contributed by atoms with Gasteiger partial charge in [0.15, 0.2) is 0 Å². The topological polar surface area (TPSA) is 48.4 Å². The fraction of sp³-hybridized carbons (Fsp3) is 0.524. The second-order valence-corrected chi connectivity index (χ2v) is 8.85. The van der Waals surface area contributed by atoms with E-state index < -0.39 is 5.60 Å². The van der Waals surface area contributed by atoms with Crippen LogP contribution < -0.4 is 4.74 Å². The minimum Gasteiger partial charge on any atom is -0.490 e. The van der Waals surface area contributed by atoms with Gasteiger partial charge in [-0.1, -0.05) is 6.07 Å². The third-order valence-electron chi connectivity index (χ3n) is 4.64. The van der Waals surface area contributed by atoms with E-state index in [1.165, 1.54) is 0 Å². The molecule has 1 aromatic carbocycles. The quantitative estimate of drug-likeness (QED) is 0.599. The van der Waals surface area contributed by atoms with Crippen molar-refractivity contribution < 1.29 is 14.3 Å². The molecule has 0 saturated heterocycles. The Labute approximate surface area is 163 Å². The van der Waals surface area contributed by atoms with Gasteiger partial charge in [0.2, 0.25) is 0 Å². The Kier molecular flexibility index (Phi) is 5.86. The molecular weight excluding hydrogens is 394 g/mol. The van der Waals surface area contributed by atoms with Crippen LogP contribution >= 0.6 is 15.9 Å². The van der Waals surface area contributed by atoms with Crippen LogP contribution in [0.5, 0.6) is 5.75 Å². The molecule has 2 aromatic rings. The molecule has 0 amide bonds. The molecule has 3 rings (SSSR count). The van der Waals surface area contributed by atoms with Gasteiger partial charge in [0.25, 0.3) is 0 Å². The summed E-state index contributed by atoms with van der Waals surface area (Å²) in [6.45, 7) is 5.73. The zero-order valence-electron chi connectivity index (χ0n) is 15.6. The van der Waals surface area contributed by atoms with Gasteiger partial charge in [-0.25, -0.2) is 0 Å². The molecule has 4 nitrogen and oxygen atoms in total. The molecule has 0 radical (unpaired) electrons. The van der Waals surface area contributed by atoms with Crippen LogP contribution in [-0.4, -0.2) is 22.7 Å². The van der Waals surface area contributed by atoms with E-state index in [1.807, 2.05) is 45.0 Å². The second-order valence-electron chi connectivity index (χ2n) is 8.00. The first kappa shape index (κ1) is 19.2. The van der Waals surface area contributed by atoms with Gasteiger partial charge in [-0.15, -0.1) is 0 Å². The molecule has 0 spiro atoms.